The van der Waals surface area contributed by atoms with E-state index < -0.39 is 0 Å². The molecule has 0 radical (unpaired) electrons. The Hall–Kier alpha value is -2.51. The van der Waals surface area contributed by atoms with Gasteiger partial charge in [-0.05, 0) is 43.0 Å². The van der Waals surface area contributed by atoms with Crippen molar-refractivity contribution in [3.05, 3.63) is 65.8 Å². The van der Waals surface area contributed by atoms with Crippen LogP contribution in [0, 0.1) is 6.92 Å². The Morgan fingerprint density at radius 2 is 1.83 bits per heavy atom. The molecule has 4 aromatic rings. The third-order valence-electron chi connectivity index (χ3n) is 3.32. The summed E-state index contributed by atoms with van der Waals surface area (Å²) >= 11 is 3.12. The average molecular weight is 351 g/mol. The lowest BCUT2D eigenvalue weighted by Gasteiger charge is -2.08. The van der Waals surface area contributed by atoms with Crippen molar-refractivity contribution in [1.82, 2.24) is 24.7 Å². The second-order valence-electron chi connectivity index (χ2n) is 5.05. The normalized spacial score (nSPS) is 10.9. The van der Waals surface area contributed by atoms with E-state index in [1.807, 2.05) is 65.4 Å². The van der Waals surface area contributed by atoms with Gasteiger partial charge in [0.05, 0.1) is 0 Å². The highest BCUT2D eigenvalue weighted by molar-refractivity contribution is 8.00. The van der Waals surface area contributed by atoms with Gasteiger partial charge in [-0.3, -0.25) is 9.55 Å². The molecule has 1 aromatic carbocycles. The number of aryl methyl sites for hydroxylation is 1. The Kier molecular flexibility index (Phi) is 4.10. The van der Waals surface area contributed by atoms with Crippen molar-refractivity contribution >= 4 is 23.1 Å². The van der Waals surface area contributed by atoms with Gasteiger partial charge in [0, 0.05) is 23.0 Å². The lowest BCUT2D eigenvalue weighted by atomic mass is 10.3. The number of para-hydroxylation sites is 1. The fourth-order valence-electron chi connectivity index (χ4n) is 2.26. The molecule has 0 atom stereocenters. The molecule has 0 saturated heterocycles. The molecular formula is C17H13N5S2. The second kappa shape index (κ2) is 6.54. The fourth-order valence-corrected chi connectivity index (χ4v) is 4.06. The molecule has 0 unspecified atom stereocenters. The molecule has 0 N–H and O–H groups in total. The van der Waals surface area contributed by atoms with Gasteiger partial charge in [-0.15, -0.1) is 21.5 Å². The molecule has 0 aliphatic carbocycles. The summed E-state index contributed by atoms with van der Waals surface area (Å²) in [6, 6.07) is 15.8. The number of thiazole rings is 1. The van der Waals surface area contributed by atoms with Gasteiger partial charge in [-0.1, -0.05) is 24.3 Å². The Morgan fingerprint density at radius 1 is 1.00 bits per heavy atom. The molecular weight excluding hydrogens is 338 g/mol. The van der Waals surface area contributed by atoms with Crippen molar-refractivity contribution in [3.8, 4) is 17.2 Å². The van der Waals surface area contributed by atoms with Crippen LogP contribution in [0.25, 0.3) is 17.2 Å². The van der Waals surface area contributed by atoms with Gasteiger partial charge in [0.15, 0.2) is 10.2 Å². The molecule has 3 heterocycles. The highest BCUT2D eigenvalue weighted by Gasteiger charge is 2.18. The summed E-state index contributed by atoms with van der Waals surface area (Å²) in [6.45, 7) is 1.99. The zero-order valence-corrected chi connectivity index (χ0v) is 14.5. The number of pyridine rings is 1. The first-order chi connectivity index (χ1) is 11.8. The van der Waals surface area contributed by atoms with Crippen LogP contribution in [-0.4, -0.2) is 24.7 Å². The molecule has 0 aliphatic heterocycles. The van der Waals surface area contributed by atoms with E-state index in [0.717, 1.165) is 32.4 Å². The van der Waals surface area contributed by atoms with E-state index in [1.54, 1.807) is 17.5 Å². The van der Waals surface area contributed by atoms with Crippen molar-refractivity contribution in [3.63, 3.8) is 0 Å². The highest BCUT2D eigenvalue weighted by Crippen LogP contribution is 2.33. The fraction of sp³-hybridized carbons (Fsp3) is 0.0588. The maximum Gasteiger partial charge on any atom is 0.203 e. The summed E-state index contributed by atoms with van der Waals surface area (Å²) in [4.78, 5) is 8.92. The maximum atomic E-state index is 4.51. The van der Waals surface area contributed by atoms with Crippen LogP contribution in [0.1, 0.15) is 5.69 Å². The molecule has 24 heavy (non-hydrogen) atoms. The topological polar surface area (TPSA) is 56.5 Å². The summed E-state index contributed by atoms with van der Waals surface area (Å²) < 4.78 is 2.97. The van der Waals surface area contributed by atoms with Crippen LogP contribution in [0.4, 0.5) is 0 Å². The Balaban J connectivity index is 1.84. The van der Waals surface area contributed by atoms with E-state index in [-0.39, 0.29) is 0 Å². The van der Waals surface area contributed by atoms with E-state index in [1.165, 1.54) is 11.8 Å². The first-order valence-corrected chi connectivity index (χ1v) is 9.03. The van der Waals surface area contributed by atoms with Crippen LogP contribution in [0.2, 0.25) is 0 Å². The lowest BCUT2D eigenvalue weighted by molar-refractivity contribution is 0.884. The molecule has 0 saturated carbocycles. The van der Waals surface area contributed by atoms with Crippen molar-refractivity contribution < 1.29 is 0 Å². The maximum absolute atomic E-state index is 4.51. The second-order valence-corrected chi connectivity index (χ2v) is 7.12. The predicted molar refractivity (Wildman–Crippen MR) is 95.6 cm³/mol. The third kappa shape index (κ3) is 2.95. The zero-order valence-electron chi connectivity index (χ0n) is 12.8. The summed E-state index contributed by atoms with van der Waals surface area (Å²) in [5.74, 6) is 0.720. The molecule has 118 valence electrons. The molecule has 4 rings (SSSR count). The monoisotopic (exact) mass is 351 g/mol. The SMILES string of the molecule is Cc1csc(Sc2nnc(-c3ccccn3)n2-c2ccccc2)n1. The molecule has 0 amide bonds. The minimum Gasteiger partial charge on any atom is -0.268 e. The van der Waals surface area contributed by atoms with Gasteiger partial charge in [0.2, 0.25) is 5.16 Å². The summed E-state index contributed by atoms with van der Waals surface area (Å²) in [5, 5.41) is 11.6. The first-order valence-electron chi connectivity index (χ1n) is 7.33. The van der Waals surface area contributed by atoms with Crippen LogP contribution in [-0.2, 0) is 0 Å². The molecule has 3 aromatic heterocycles. The van der Waals surface area contributed by atoms with Gasteiger partial charge in [-0.2, -0.15) is 0 Å². The molecule has 5 nitrogen and oxygen atoms in total. The number of rotatable bonds is 4. The summed E-state index contributed by atoms with van der Waals surface area (Å²) in [7, 11) is 0. The number of nitrogens with zero attached hydrogens (tertiary/aromatic N) is 5. The van der Waals surface area contributed by atoms with E-state index in [4.69, 9.17) is 0 Å². The number of benzene rings is 1. The minimum atomic E-state index is 0.720. The number of hydrogen-bond acceptors (Lipinski definition) is 6. The van der Waals surface area contributed by atoms with Crippen LogP contribution >= 0.6 is 23.1 Å². The Morgan fingerprint density at radius 3 is 2.54 bits per heavy atom. The van der Waals surface area contributed by atoms with Crippen LogP contribution in [0.5, 0.6) is 0 Å². The zero-order chi connectivity index (χ0) is 16.4. The predicted octanol–water partition coefficient (Wildman–Crippen LogP) is 4.25. The standard InChI is InChI=1S/C17H13N5S2/c1-12-11-23-17(19-12)24-16-21-20-15(14-9-5-6-10-18-14)22(16)13-7-3-2-4-8-13/h2-11H,1H3. The van der Waals surface area contributed by atoms with Crippen molar-refractivity contribution in [2.45, 2.75) is 16.4 Å². The van der Waals surface area contributed by atoms with Gasteiger partial charge in [-0.25, -0.2) is 4.98 Å². The van der Waals surface area contributed by atoms with Crippen molar-refractivity contribution in [2.75, 3.05) is 0 Å². The van der Waals surface area contributed by atoms with Gasteiger partial charge < -0.3 is 0 Å². The Labute approximate surface area is 147 Å². The Bertz CT molecular complexity index is 948. The van der Waals surface area contributed by atoms with E-state index in [0.29, 0.717) is 0 Å². The van der Waals surface area contributed by atoms with E-state index in [2.05, 4.69) is 20.2 Å². The van der Waals surface area contributed by atoms with E-state index >= 15 is 0 Å². The number of hydrogen-bond donors (Lipinski definition) is 0. The van der Waals surface area contributed by atoms with Gasteiger partial charge >= 0.3 is 0 Å². The largest absolute Gasteiger partial charge is 0.268 e. The van der Waals surface area contributed by atoms with Gasteiger partial charge in [0.1, 0.15) is 5.69 Å². The summed E-state index contributed by atoms with van der Waals surface area (Å²) in [6.07, 6.45) is 1.76. The average Bonchev–Trinajstić information content (AvgIpc) is 3.23. The van der Waals surface area contributed by atoms with E-state index in [9.17, 15) is 0 Å². The molecule has 0 aliphatic rings. The quantitative estimate of drug-likeness (QED) is 0.550. The van der Waals surface area contributed by atoms with Crippen LogP contribution in [0.3, 0.4) is 0 Å². The van der Waals surface area contributed by atoms with Crippen LogP contribution in [0.15, 0.2) is 69.6 Å². The third-order valence-corrected chi connectivity index (χ3v) is 5.32. The molecule has 0 bridgehead atoms. The first kappa shape index (κ1) is 15.0. The van der Waals surface area contributed by atoms with Gasteiger partial charge in [0.25, 0.3) is 0 Å². The molecule has 7 heteroatoms. The molecule has 0 fully saturated rings. The smallest absolute Gasteiger partial charge is 0.203 e. The highest BCUT2D eigenvalue weighted by atomic mass is 32.2. The van der Waals surface area contributed by atoms with Crippen molar-refractivity contribution in [2.24, 2.45) is 0 Å². The van der Waals surface area contributed by atoms with Crippen LogP contribution < -0.4 is 0 Å². The van der Waals surface area contributed by atoms with Crippen molar-refractivity contribution in [1.29, 1.82) is 0 Å². The molecule has 0 spiro atoms. The minimum absolute atomic E-state index is 0.720. The summed E-state index contributed by atoms with van der Waals surface area (Å²) in [5.41, 5.74) is 2.80. The lowest BCUT2D eigenvalue weighted by Crippen LogP contribution is -2.00. The number of aromatic nitrogens is 5.